The number of aliphatic hydroxyl groups excluding tert-OH is 1. The molecule has 0 unspecified atom stereocenters. The van der Waals surface area contributed by atoms with Crippen molar-refractivity contribution in [3.63, 3.8) is 0 Å². The van der Waals surface area contributed by atoms with Gasteiger partial charge in [0.05, 0.1) is 6.61 Å². The number of alkyl carbamates (subject to hydrolysis) is 1. The first-order valence-corrected chi connectivity index (χ1v) is 14.8. The summed E-state index contributed by atoms with van der Waals surface area (Å²) in [5.41, 5.74) is 6.27. The number of carbonyl (C=O) groups excluding carboxylic acids is 4. The minimum Gasteiger partial charge on any atom is -0.449 e. The van der Waals surface area contributed by atoms with Crippen molar-refractivity contribution in [2.45, 2.75) is 45.4 Å². The molecule has 12 heteroatoms. The average Bonchev–Trinajstić information content (AvgIpc) is 2.78. The van der Waals surface area contributed by atoms with Crippen LogP contribution in [0.3, 0.4) is 0 Å². The third-order valence-electron chi connectivity index (χ3n) is 5.16. The Morgan fingerprint density at radius 2 is 1.67 bits per heavy atom. The van der Waals surface area contributed by atoms with E-state index in [9.17, 15) is 24.3 Å². The molecular formula is C24H41N5O6S. The van der Waals surface area contributed by atoms with E-state index >= 15 is 0 Å². The summed E-state index contributed by atoms with van der Waals surface area (Å²) in [5, 5.41) is 19.7. The van der Waals surface area contributed by atoms with Gasteiger partial charge >= 0.3 is 12.1 Å². The number of ether oxygens (including phenoxy) is 1. The molecule has 1 aromatic carbocycles. The lowest BCUT2D eigenvalue weighted by Crippen LogP contribution is -2.54. The molecule has 36 heavy (non-hydrogen) atoms. The van der Waals surface area contributed by atoms with Crippen molar-refractivity contribution >= 4 is 39.7 Å². The number of benzene rings is 1. The molecule has 1 rings (SSSR count). The molecule has 5 amide bonds. The van der Waals surface area contributed by atoms with Gasteiger partial charge in [0.1, 0.15) is 18.7 Å². The van der Waals surface area contributed by atoms with Crippen molar-refractivity contribution in [1.29, 1.82) is 0 Å². The maximum atomic E-state index is 13.1. The van der Waals surface area contributed by atoms with E-state index in [2.05, 4.69) is 40.0 Å². The van der Waals surface area contributed by atoms with Gasteiger partial charge in [0.25, 0.3) is 0 Å². The standard InChI is InChI=1S/C24H41N5O6S/c1-16(2)20(29-24(34)35-13-14-36(3,4)5)22(32)28-19(7-6-12-26-23(25)33)21(31)27-18-10-8-17(15-30)9-11-18/h8-11,16,19-20,30H,6-7,12-15H2,1-5H3,(H,27,31)(H,28,32)(H,29,34)(H3,25,26,33)/t19-,20-/m0/s1. The fourth-order valence-corrected chi connectivity index (χ4v) is 3.64. The molecule has 0 bridgehead atoms. The van der Waals surface area contributed by atoms with E-state index in [-0.39, 0.29) is 32.1 Å². The van der Waals surface area contributed by atoms with Crippen LogP contribution in [0.4, 0.5) is 15.3 Å². The Hall–Kier alpha value is -2.99. The van der Waals surface area contributed by atoms with Gasteiger partial charge in [-0.3, -0.25) is 9.59 Å². The number of anilines is 1. The summed E-state index contributed by atoms with van der Waals surface area (Å²) in [6, 6.07) is 4.10. The van der Waals surface area contributed by atoms with Crippen LogP contribution in [0, 0.1) is 5.92 Å². The Morgan fingerprint density at radius 1 is 1.03 bits per heavy atom. The van der Waals surface area contributed by atoms with Gasteiger partial charge in [-0.25, -0.2) is 19.6 Å². The zero-order valence-corrected chi connectivity index (χ0v) is 22.6. The highest BCUT2D eigenvalue weighted by molar-refractivity contribution is 8.32. The Balaban J connectivity index is 2.86. The number of urea groups is 1. The largest absolute Gasteiger partial charge is 0.449 e. The molecule has 204 valence electrons. The first kappa shape index (κ1) is 31.0. The highest BCUT2D eigenvalue weighted by Crippen LogP contribution is 2.33. The van der Waals surface area contributed by atoms with Crippen LogP contribution < -0.4 is 27.0 Å². The number of amides is 5. The van der Waals surface area contributed by atoms with Crippen LogP contribution >= 0.6 is 10.0 Å². The average molecular weight is 528 g/mol. The van der Waals surface area contributed by atoms with Gasteiger partial charge in [0, 0.05) is 18.0 Å². The van der Waals surface area contributed by atoms with Crippen molar-refractivity contribution in [2.75, 3.05) is 43.0 Å². The summed E-state index contributed by atoms with van der Waals surface area (Å²) in [5.74, 6) is -0.503. The maximum Gasteiger partial charge on any atom is 0.407 e. The van der Waals surface area contributed by atoms with E-state index in [1.54, 1.807) is 38.1 Å². The molecule has 0 aromatic heterocycles. The smallest absolute Gasteiger partial charge is 0.407 e. The van der Waals surface area contributed by atoms with E-state index in [0.29, 0.717) is 17.7 Å². The summed E-state index contributed by atoms with van der Waals surface area (Å²) in [7, 11) is -0.828. The van der Waals surface area contributed by atoms with Gasteiger partial charge in [-0.05, 0) is 55.2 Å². The highest BCUT2D eigenvalue weighted by atomic mass is 32.3. The third kappa shape index (κ3) is 12.6. The SMILES string of the molecule is CC(C)[C@H](NC(=O)OCCS(C)(C)C)C(=O)N[C@@H](CCCNC(N)=O)C(=O)Nc1ccc(CO)cc1. The summed E-state index contributed by atoms with van der Waals surface area (Å²) < 4.78 is 5.24. The first-order chi connectivity index (χ1) is 16.8. The van der Waals surface area contributed by atoms with Crippen molar-refractivity contribution in [1.82, 2.24) is 16.0 Å². The van der Waals surface area contributed by atoms with Crippen LogP contribution in [0.15, 0.2) is 24.3 Å². The fraction of sp³-hybridized carbons (Fsp3) is 0.583. The van der Waals surface area contributed by atoms with Crippen molar-refractivity contribution in [2.24, 2.45) is 11.7 Å². The van der Waals surface area contributed by atoms with Crippen LogP contribution in [0.1, 0.15) is 32.3 Å². The summed E-state index contributed by atoms with van der Waals surface area (Å²) in [6.07, 6.45) is 6.25. The normalized spacial score (nSPS) is 13.3. The quantitative estimate of drug-likeness (QED) is 0.200. The Labute approximate surface area is 214 Å². The molecule has 0 fully saturated rings. The van der Waals surface area contributed by atoms with Crippen molar-refractivity contribution < 1.29 is 29.0 Å². The molecular weight excluding hydrogens is 486 g/mol. The number of primary amides is 1. The fourth-order valence-electron chi connectivity index (χ4n) is 3.06. The van der Waals surface area contributed by atoms with Crippen LogP contribution in [0.5, 0.6) is 0 Å². The lowest BCUT2D eigenvalue weighted by atomic mass is 10.0. The number of rotatable bonds is 14. The summed E-state index contributed by atoms with van der Waals surface area (Å²) >= 11 is 0. The molecule has 0 aliphatic carbocycles. The van der Waals surface area contributed by atoms with Crippen LogP contribution in [0.25, 0.3) is 0 Å². The molecule has 1 aromatic rings. The van der Waals surface area contributed by atoms with Crippen molar-refractivity contribution in [3.05, 3.63) is 29.8 Å². The minimum absolute atomic E-state index is 0.122. The highest BCUT2D eigenvalue weighted by Gasteiger charge is 2.29. The van der Waals surface area contributed by atoms with E-state index in [0.717, 1.165) is 5.75 Å². The second-order valence-electron chi connectivity index (χ2n) is 9.64. The molecule has 0 saturated carbocycles. The van der Waals surface area contributed by atoms with Gasteiger partial charge in [-0.15, -0.1) is 0 Å². The predicted molar refractivity (Wildman–Crippen MR) is 143 cm³/mol. The number of nitrogens with one attached hydrogen (secondary N) is 4. The predicted octanol–water partition coefficient (Wildman–Crippen LogP) is 1.50. The summed E-state index contributed by atoms with van der Waals surface area (Å²) in [6.45, 7) is 3.91. The van der Waals surface area contributed by atoms with Gasteiger partial charge in [0.15, 0.2) is 0 Å². The van der Waals surface area contributed by atoms with Crippen LogP contribution in [-0.4, -0.2) is 78.8 Å². The van der Waals surface area contributed by atoms with E-state index in [1.165, 1.54) is 0 Å². The van der Waals surface area contributed by atoms with Crippen LogP contribution in [0.2, 0.25) is 0 Å². The number of aliphatic hydroxyl groups is 1. The lowest BCUT2D eigenvalue weighted by Gasteiger charge is -2.26. The topological polar surface area (TPSA) is 172 Å². The first-order valence-electron chi connectivity index (χ1n) is 11.8. The monoisotopic (exact) mass is 527 g/mol. The van der Waals surface area contributed by atoms with E-state index in [1.807, 2.05) is 0 Å². The van der Waals surface area contributed by atoms with E-state index in [4.69, 9.17) is 10.5 Å². The van der Waals surface area contributed by atoms with Gasteiger partial charge < -0.3 is 36.8 Å². The molecule has 11 nitrogen and oxygen atoms in total. The van der Waals surface area contributed by atoms with Crippen molar-refractivity contribution in [3.8, 4) is 0 Å². The number of hydrogen-bond donors (Lipinski definition) is 6. The Bertz CT molecular complexity index is 873. The third-order valence-corrected chi connectivity index (χ3v) is 6.55. The minimum atomic E-state index is -0.937. The second kappa shape index (κ2) is 15.2. The van der Waals surface area contributed by atoms with Crippen LogP contribution in [-0.2, 0) is 20.9 Å². The number of hydrogen-bond acceptors (Lipinski definition) is 6. The molecule has 0 saturated heterocycles. The Kier molecular flexibility index (Phi) is 13.1. The molecule has 0 aliphatic heterocycles. The summed E-state index contributed by atoms with van der Waals surface area (Å²) in [4.78, 5) is 49.3. The Morgan fingerprint density at radius 3 is 2.19 bits per heavy atom. The zero-order valence-electron chi connectivity index (χ0n) is 21.8. The molecule has 7 N–H and O–H groups in total. The van der Waals surface area contributed by atoms with Gasteiger partial charge in [0.2, 0.25) is 11.8 Å². The molecule has 2 atom stereocenters. The van der Waals surface area contributed by atoms with Gasteiger partial charge in [-0.2, -0.15) is 0 Å². The molecule has 0 aliphatic rings. The number of carbonyl (C=O) groups is 4. The maximum absolute atomic E-state index is 13.1. The second-order valence-corrected chi connectivity index (χ2v) is 14.2. The number of nitrogens with two attached hydrogens (primary N) is 1. The molecule has 0 heterocycles. The van der Waals surface area contributed by atoms with Gasteiger partial charge in [-0.1, -0.05) is 26.0 Å². The lowest BCUT2D eigenvalue weighted by molar-refractivity contribution is -0.128. The van der Waals surface area contributed by atoms with E-state index < -0.39 is 46.1 Å². The zero-order chi connectivity index (χ0) is 27.3. The molecule has 0 spiro atoms. The molecule has 0 radical (unpaired) electrons.